The van der Waals surface area contributed by atoms with Crippen LogP contribution < -0.4 is 0 Å². The molecule has 1 aromatic heterocycles. The monoisotopic (exact) mass is 246 g/mol. The molecule has 1 aliphatic rings. The lowest BCUT2D eigenvalue weighted by Gasteiger charge is -2.42. The van der Waals surface area contributed by atoms with Gasteiger partial charge >= 0.3 is 0 Å². The molecule has 18 heavy (non-hydrogen) atoms. The number of aryl methyl sites for hydroxylation is 1. The molecule has 1 fully saturated rings. The third-order valence-corrected chi connectivity index (χ3v) is 4.13. The van der Waals surface area contributed by atoms with Gasteiger partial charge in [0.15, 0.2) is 0 Å². The van der Waals surface area contributed by atoms with Crippen LogP contribution in [-0.2, 0) is 0 Å². The Labute approximate surface area is 107 Å². The summed E-state index contributed by atoms with van der Waals surface area (Å²) in [6.45, 7) is 1.94. The Morgan fingerprint density at radius 1 is 1.28 bits per heavy atom. The van der Waals surface area contributed by atoms with Crippen LogP contribution in [0.2, 0.25) is 0 Å². The first kappa shape index (κ1) is 11.7. The van der Waals surface area contributed by atoms with Crippen LogP contribution in [0.5, 0.6) is 0 Å². The summed E-state index contributed by atoms with van der Waals surface area (Å²) < 4.78 is 16.3. The standard InChI is InChI=1S/C15H19FN2/c1-10-8-11-6-7-18(15(11)12(16)9-10)14-5-4-13(14)17(2)3/h6-9,13-14H,4-5H2,1-3H3. The Bertz CT molecular complexity index is 585. The van der Waals surface area contributed by atoms with Gasteiger partial charge < -0.3 is 9.47 Å². The number of hydrogen-bond acceptors (Lipinski definition) is 1. The van der Waals surface area contributed by atoms with Crippen LogP contribution in [0.1, 0.15) is 24.4 Å². The third kappa shape index (κ3) is 1.65. The van der Waals surface area contributed by atoms with E-state index in [4.69, 9.17) is 0 Å². The van der Waals surface area contributed by atoms with Crippen molar-refractivity contribution < 1.29 is 4.39 Å². The molecule has 1 aliphatic carbocycles. The minimum Gasteiger partial charge on any atom is -0.340 e. The first-order valence-corrected chi connectivity index (χ1v) is 6.51. The van der Waals surface area contributed by atoms with E-state index in [0.717, 1.165) is 22.9 Å². The van der Waals surface area contributed by atoms with Gasteiger partial charge in [-0.25, -0.2) is 4.39 Å². The molecule has 2 unspecified atom stereocenters. The predicted octanol–water partition coefficient (Wildman–Crippen LogP) is 3.35. The lowest BCUT2D eigenvalue weighted by molar-refractivity contribution is 0.116. The summed E-state index contributed by atoms with van der Waals surface area (Å²) in [5.74, 6) is -0.0978. The van der Waals surface area contributed by atoms with Crippen LogP contribution in [0.15, 0.2) is 24.4 Å². The molecule has 1 heterocycles. The third-order valence-electron chi connectivity index (χ3n) is 4.13. The average Bonchev–Trinajstić information content (AvgIpc) is 2.58. The zero-order chi connectivity index (χ0) is 12.9. The van der Waals surface area contributed by atoms with Crippen LogP contribution in [0.4, 0.5) is 4.39 Å². The van der Waals surface area contributed by atoms with E-state index in [1.54, 1.807) is 6.07 Å². The number of aromatic nitrogens is 1. The molecule has 2 atom stereocenters. The number of halogens is 1. The van der Waals surface area contributed by atoms with E-state index in [1.807, 2.05) is 19.2 Å². The summed E-state index contributed by atoms with van der Waals surface area (Å²) in [7, 11) is 4.20. The maximum absolute atomic E-state index is 14.2. The van der Waals surface area contributed by atoms with Crippen molar-refractivity contribution in [1.29, 1.82) is 0 Å². The Kier molecular flexibility index (Phi) is 2.67. The number of nitrogens with zero attached hydrogens (tertiary/aromatic N) is 2. The summed E-state index contributed by atoms with van der Waals surface area (Å²) >= 11 is 0. The van der Waals surface area contributed by atoms with Gasteiger partial charge in [-0.3, -0.25) is 0 Å². The fraction of sp³-hybridized carbons (Fsp3) is 0.467. The molecule has 96 valence electrons. The van der Waals surface area contributed by atoms with E-state index in [2.05, 4.69) is 29.6 Å². The van der Waals surface area contributed by atoms with Crippen molar-refractivity contribution in [2.75, 3.05) is 14.1 Å². The number of fused-ring (bicyclic) bond motifs is 1. The number of hydrogen-bond donors (Lipinski definition) is 0. The lowest BCUT2D eigenvalue weighted by atomic mass is 9.85. The zero-order valence-corrected chi connectivity index (χ0v) is 11.2. The summed E-state index contributed by atoms with van der Waals surface area (Å²) in [6.07, 6.45) is 4.37. The largest absolute Gasteiger partial charge is 0.340 e. The molecule has 0 spiro atoms. The zero-order valence-electron chi connectivity index (χ0n) is 11.2. The Morgan fingerprint density at radius 2 is 2.06 bits per heavy atom. The Balaban J connectivity index is 2.08. The number of likely N-dealkylation sites (N-methyl/N-ethyl adjacent to an activating group) is 1. The maximum Gasteiger partial charge on any atom is 0.147 e. The normalized spacial score (nSPS) is 23.6. The first-order chi connectivity index (χ1) is 8.58. The van der Waals surface area contributed by atoms with Crippen molar-refractivity contribution in [3.05, 3.63) is 35.8 Å². The van der Waals surface area contributed by atoms with Crippen LogP contribution in [-0.4, -0.2) is 29.6 Å². The molecule has 0 N–H and O–H groups in total. The topological polar surface area (TPSA) is 8.17 Å². The number of benzene rings is 1. The highest BCUT2D eigenvalue weighted by Crippen LogP contribution is 2.38. The van der Waals surface area contributed by atoms with E-state index in [9.17, 15) is 4.39 Å². The molecular weight excluding hydrogens is 227 g/mol. The van der Waals surface area contributed by atoms with E-state index in [1.165, 1.54) is 6.42 Å². The highest BCUT2D eigenvalue weighted by Gasteiger charge is 2.34. The van der Waals surface area contributed by atoms with Gasteiger partial charge in [0.25, 0.3) is 0 Å². The highest BCUT2D eigenvalue weighted by molar-refractivity contribution is 5.81. The van der Waals surface area contributed by atoms with Gasteiger partial charge in [-0.05, 0) is 57.6 Å². The minimum atomic E-state index is -0.0978. The fourth-order valence-electron chi connectivity index (χ4n) is 3.06. The number of rotatable bonds is 2. The van der Waals surface area contributed by atoms with E-state index in [0.29, 0.717) is 12.1 Å². The second-order valence-corrected chi connectivity index (χ2v) is 5.58. The first-order valence-electron chi connectivity index (χ1n) is 6.51. The van der Waals surface area contributed by atoms with Gasteiger partial charge in [-0.15, -0.1) is 0 Å². The summed E-state index contributed by atoms with van der Waals surface area (Å²) in [5.41, 5.74) is 1.74. The molecule has 0 amide bonds. The van der Waals surface area contributed by atoms with Gasteiger partial charge in [0.1, 0.15) is 5.82 Å². The molecule has 0 radical (unpaired) electrons. The fourth-order valence-corrected chi connectivity index (χ4v) is 3.06. The average molecular weight is 246 g/mol. The second-order valence-electron chi connectivity index (χ2n) is 5.58. The molecule has 1 aromatic carbocycles. The van der Waals surface area contributed by atoms with E-state index in [-0.39, 0.29) is 5.82 Å². The molecule has 0 aliphatic heterocycles. The van der Waals surface area contributed by atoms with E-state index >= 15 is 0 Å². The van der Waals surface area contributed by atoms with Crippen LogP contribution in [0.3, 0.4) is 0 Å². The van der Waals surface area contributed by atoms with Crippen LogP contribution in [0, 0.1) is 12.7 Å². The van der Waals surface area contributed by atoms with Gasteiger partial charge in [0.2, 0.25) is 0 Å². The minimum absolute atomic E-state index is 0.0978. The van der Waals surface area contributed by atoms with Crippen molar-refractivity contribution in [2.24, 2.45) is 0 Å². The summed E-state index contributed by atoms with van der Waals surface area (Å²) in [6, 6.07) is 6.65. The van der Waals surface area contributed by atoms with Crippen LogP contribution in [0.25, 0.3) is 10.9 Å². The Morgan fingerprint density at radius 3 is 2.67 bits per heavy atom. The molecule has 1 saturated carbocycles. The molecule has 0 saturated heterocycles. The predicted molar refractivity (Wildman–Crippen MR) is 72.4 cm³/mol. The van der Waals surface area contributed by atoms with E-state index < -0.39 is 0 Å². The lowest BCUT2D eigenvalue weighted by Crippen LogP contribution is -2.44. The Hall–Kier alpha value is -1.35. The molecule has 2 nitrogen and oxygen atoms in total. The van der Waals surface area contributed by atoms with Crippen molar-refractivity contribution in [2.45, 2.75) is 31.8 Å². The van der Waals surface area contributed by atoms with Gasteiger partial charge in [-0.1, -0.05) is 0 Å². The SMILES string of the molecule is Cc1cc(F)c2c(ccn2C2CCC2N(C)C)c1. The molecule has 3 heteroatoms. The molecule has 0 bridgehead atoms. The molecule has 3 rings (SSSR count). The maximum atomic E-state index is 14.2. The quantitative estimate of drug-likeness (QED) is 0.789. The van der Waals surface area contributed by atoms with Gasteiger partial charge in [0, 0.05) is 23.7 Å². The van der Waals surface area contributed by atoms with Crippen molar-refractivity contribution in [1.82, 2.24) is 9.47 Å². The molecular formula is C15H19FN2. The van der Waals surface area contributed by atoms with Crippen molar-refractivity contribution in [3.63, 3.8) is 0 Å². The van der Waals surface area contributed by atoms with Gasteiger partial charge in [-0.2, -0.15) is 0 Å². The second kappa shape index (κ2) is 4.09. The summed E-state index contributed by atoms with van der Waals surface area (Å²) in [4.78, 5) is 2.24. The molecule has 2 aromatic rings. The smallest absolute Gasteiger partial charge is 0.147 e. The summed E-state index contributed by atoms with van der Waals surface area (Å²) in [5, 5.41) is 1.01. The van der Waals surface area contributed by atoms with Crippen molar-refractivity contribution in [3.8, 4) is 0 Å². The van der Waals surface area contributed by atoms with Gasteiger partial charge in [0.05, 0.1) is 5.52 Å². The van der Waals surface area contributed by atoms with Crippen molar-refractivity contribution >= 4 is 10.9 Å². The van der Waals surface area contributed by atoms with Crippen LogP contribution >= 0.6 is 0 Å². The highest BCUT2D eigenvalue weighted by atomic mass is 19.1.